The van der Waals surface area contributed by atoms with E-state index in [-0.39, 0.29) is 5.50 Å². The molecule has 1 heterocycles. The first-order valence-electron chi connectivity index (χ1n) is 4.31. The molecule has 0 spiro atoms. The van der Waals surface area contributed by atoms with Gasteiger partial charge in [0, 0.05) is 6.20 Å². The average molecular weight is 227 g/mol. The van der Waals surface area contributed by atoms with E-state index in [4.69, 9.17) is 17.3 Å². The fraction of sp³-hybridized carbons (Fsp3) is 0.200. The summed E-state index contributed by atoms with van der Waals surface area (Å²) in [6, 6.07) is 5.86. The van der Waals surface area contributed by atoms with Crippen LogP contribution in [0.25, 0.3) is 0 Å². The number of hydrogen-bond donors (Lipinski definition) is 1. The van der Waals surface area contributed by atoms with Gasteiger partial charge < -0.3 is 10.6 Å². The fourth-order valence-electron chi connectivity index (χ4n) is 1.48. The molecule has 0 fully saturated rings. The number of aryl methyl sites for hydroxylation is 1. The average Bonchev–Trinajstić information content (AvgIpc) is 2.52. The SMILES string of the molecule is Cc1cccc(Cl)c1N1C=CSC1N. The number of para-hydroxylation sites is 1. The molecule has 0 amide bonds. The molecule has 1 aromatic rings. The van der Waals surface area contributed by atoms with Gasteiger partial charge in [0.1, 0.15) is 5.50 Å². The minimum atomic E-state index is -0.0615. The predicted octanol–water partition coefficient (Wildman–Crippen LogP) is 2.92. The van der Waals surface area contributed by atoms with Gasteiger partial charge in [0.25, 0.3) is 0 Å². The zero-order valence-corrected chi connectivity index (χ0v) is 9.35. The highest BCUT2D eigenvalue weighted by molar-refractivity contribution is 8.03. The van der Waals surface area contributed by atoms with Crippen LogP contribution in [0.4, 0.5) is 5.69 Å². The first-order chi connectivity index (χ1) is 6.70. The van der Waals surface area contributed by atoms with Gasteiger partial charge in [-0.15, -0.1) is 0 Å². The van der Waals surface area contributed by atoms with E-state index in [1.165, 1.54) is 0 Å². The lowest BCUT2D eigenvalue weighted by molar-refractivity contribution is 0.921. The van der Waals surface area contributed by atoms with Crippen molar-refractivity contribution in [3.05, 3.63) is 40.4 Å². The highest BCUT2D eigenvalue weighted by Gasteiger charge is 2.20. The highest BCUT2D eigenvalue weighted by atomic mass is 35.5. The number of halogens is 1. The van der Waals surface area contributed by atoms with E-state index in [2.05, 4.69) is 0 Å². The van der Waals surface area contributed by atoms with Gasteiger partial charge >= 0.3 is 0 Å². The van der Waals surface area contributed by atoms with E-state index in [0.29, 0.717) is 0 Å². The Morgan fingerprint density at radius 3 is 2.86 bits per heavy atom. The van der Waals surface area contributed by atoms with Gasteiger partial charge in [-0.2, -0.15) is 0 Å². The minimum absolute atomic E-state index is 0.0615. The summed E-state index contributed by atoms with van der Waals surface area (Å²) < 4.78 is 0. The molecule has 0 radical (unpaired) electrons. The van der Waals surface area contributed by atoms with Crippen molar-refractivity contribution in [2.24, 2.45) is 5.73 Å². The number of hydrogen-bond acceptors (Lipinski definition) is 3. The maximum absolute atomic E-state index is 6.13. The maximum atomic E-state index is 6.13. The summed E-state index contributed by atoms with van der Waals surface area (Å²) in [6.07, 6.45) is 1.96. The van der Waals surface area contributed by atoms with E-state index in [9.17, 15) is 0 Å². The van der Waals surface area contributed by atoms with Crippen LogP contribution in [0, 0.1) is 6.92 Å². The van der Waals surface area contributed by atoms with Crippen molar-refractivity contribution in [2.75, 3.05) is 4.90 Å². The molecule has 4 heteroatoms. The fourth-order valence-corrected chi connectivity index (χ4v) is 2.47. The van der Waals surface area contributed by atoms with Crippen molar-refractivity contribution in [3.63, 3.8) is 0 Å². The summed E-state index contributed by atoms with van der Waals surface area (Å²) in [7, 11) is 0. The van der Waals surface area contributed by atoms with Gasteiger partial charge in [0.05, 0.1) is 10.7 Å². The van der Waals surface area contributed by atoms with Gasteiger partial charge in [-0.25, -0.2) is 0 Å². The second-order valence-electron chi connectivity index (χ2n) is 3.12. The first-order valence-corrected chi connectivity index (χ1v) is 5.63. The van der Waals surface area contributed by atoms with Crippen LogP contribution in [0.15, 0.2) is 29.8 Å². The van der Waals surface area contributed by atoms with Gasteiger partial charge in [0.2, 0.25) is 0 Å². The van der Waals surface area contributed by atoms with Crippen molar-refractivity contribution < 1.29 is 0 Å². The summed E-state index contributed by atoms with van der Waals surface area (Å²) in [6.45, 7) is 2.03. The molecule has 1 unspecified atom stereocenters. The Morgan fingerprint density at radius 1 is 1.50 bits per heavy atom. The molecule has 14 heavy (non-hydrogen) atoms. The highest BCUT2D eigenvalue weighted by Crippen LogP contribution is 2.35. The zero-order chi connectivity index (χ0) is 10.1. The molecule has 74 valence electrons. The third kappa shape index (κ3) is 1.63. The van der Waals surface area contributed by atoms with Gasteiger partial charge in [-0.05, 0) is 24.0 Å². The molecule has 1 aliphatic rings. The van der Waals surface area contributed by atoms with E-state index in [0.717, 1.165) is 16.3 Å². The molecule has 1 atom stereocenters. The largest absolute Gasteiger partial charge is 0.321 e. The minimum Gasteiger partial charge on any atom is -0.321 e. The third-order valence-electron chi connectivity index (χ3n) is 2.16. The topological polar surface area (TPSA) is 29.3 Å². The van der Waals surface area contributed by atoms with Gasteiger partial charge in [-0.3, -0.25) is 0 Å². The van der Waals surface area contributed by atoms with Crippen LogP contribution >= 0.6 is 23.4 Å². The molecule has 0 saturated heterocycles. The summed E-state index contributed by atoms with van der Waals surface area (Å²) in [5.74, 6) is 0. The van der Waals surface area contributed by atoms with Crippen LogP contribution in [0.5, 0.6) is 0 Å². The first kappa shape index (κ1) is 9.90. The van der Waals surface area contributed by atoms with Crippen LogP contribution in [0.3, 0.4) is 0 Å². The maximum Gasteiger partial charge on any atom is 0.133 e. The Balaban J connectivity index is 2.45. The molecule has 1 aromatic carbocycles. The molecule has 1 aliphatic heterocycles. The third-order valence-corrected chi connectivity index (χ3v) is 3.25. The Hall–Kier alpha value is -0.640. The van der Waals surface area contributed by atoms with Crippen LogP contribution in [-0.4, -0.2) is 5.50 Å². The van der Waals surface area contributed by atoms with Crippen LogP contribution in [0.2, 0.25) is 5.02 Å². The normalized spacial score (nSPS) is 20.5. The second-order valence-corrected chi connectivity index (χ2v) is 4.56. The molecule has 0 bridgehead atoms. The molecule has 2 N–H and O–H groups in total. The molecule has 0 saturated carbocycles. The summed E-state index contributed by atoms with van der Waals surface area (Å²) in [4.78, 5) is 1.99. The number of thioether (sulfide) groups is 1. The number of nitrogens with two attached hydrogens (primary N) is 1. The van der Waals surface area contributed by atoms with Crippen LogP contribution in [-0.2, 0) is 0 Å². The molecular formula is C10H11ClN2S. The lowest BCUT2D eigenvalue weighted by Crippen LogP contribution is -2.32. The Morgan fingerprint density at radius 2 is 2.29 bits per heavy atom. The zero-order valence-electron chi connectivity index (χ0n) is 7.77. The standard InChI is InChI=1S/C10H11ClN2S/c1-7-3-2-4-8(11)9(7)13-5-6-14-10(13)12/h2-6,10H,12H2,1H3. The molecule has 0 aliphatic carbocycles. The summed E-state index contributed by atoms with van der Waals surface area (Å²) in [5.41, 5.74) is 8.00. The van der Waals surface area contributed by atoms with E-state index in [1.807, 2.05) is 41.6 Å². The van der Waals surface area contributed by atoms with Crippen molar-refractivity contribution in [2.45, 2.75) is 12.4 Å². The second kappa shape index (κ2) is 3.85. The van der Waals surface area contributed by atoms with Crippen LogP contribution in [0.1, 0.15) is 5.56 Å². The Bertz CT molecular complexity index is 358. The molecule has 2 rings (SSSR count). The predicted molar refractivity (Wildman–Crippen MR) is 63.4 cm³/mol. The number of nitrogens with zero attached hydrogens (tertiary/aromatic N) is 1. The lowest BCUT2D eigenvalue weighted by atomic mass is 10.2. The molecule has 0 aromatic heterocycles. The lowest BCUT2D eigenvalue weighted by Gasteiger charge is -2.24. The number of rotatable bonds is 1. The summed E-state index contributed by atoms with van der Waals surface area (Å²) in [5, 5.41) is 2.72. The molecular weight excluding hydrogens is 216 g/mol. The Kier molecular flexibility index (Phi) is 2.72. The smallest absolute Gasteiger partial charge is 0.133 e. The van der Waals surface area contributed by atoms with Crippen molar-refractivity contribution >= 4 is 29.1 Å². The van der Waals surface area contributed by atoms with Crippen molar-refractivity contribution in [1.29, 1.82) is 0 Å². The van der Waals surface area contributed by atoms with Crippen molar-refractivity contribution in [3.8, 4) is 0 Å². The van der Waals surface area contributed by atoms with E-state index >= 15 is 0 Å². The van der Waals surface area contributed by atoms with E-state index < -0.39 is 0 Å². The van der Waals surface area contributed by atoms with Crippen LogP contribution < -0.4 is 10.6 Å². The van der Waals surface area contributed by atoms with Crippen molar-refractivity contribution in [1.82, 2.24) is 0 Å². The van der Waals surface area contributed by atoms with E-state index in [1.54, 1.807) is 11.8 Å². The number of anilines is 1. The Labute approximate surface area is 92.7 Å². The summed E-state index contributed by atoms with van der Waals surface area (Å²) >= 11 is 7.72. The van der Waals surface area contributed by atoms with Gasteiger partial charge in [0.15, 0.2) is 0 Å². The quantitative estimate of drug-likeness (QED) is 0.799. The van der Waals surface area contributed by atoms with Gasteiger partial charge in [-0.1, -0.05) is 35.5 Å². The number of benzene rings is 1. The molecule has 2 nitrogen and oxygen atoms in total. The monoisotopic (exact) mass is 226 g/mol.